The Bertz CT molecular complexity index is 425. The molecule has 0 amide bonds. The highest BCUT2D eigenvalue weighted by Gasteiger charge is 2.20. The first kappa shape index (κ1) is 13.7. The summed E-state index contributed by atoms with van der Waals surface area (Å²) in [7, 11) is 0. The van der Waals surface area contributed by atoms with Gasteiger partial charge in [0.1, 0.15) is 11.6 Å². The summed E-state index contributed by atoms with van der Waals surface area (Å²) >= 11 is 0. The fourth-order valence-corrected chi connectivity index (χ4v) is 1.66. The van der Waals surface area contributed by atoms with Crippen LogP contribution in [0.4, 0.5) is 5.82 Å². The number of H-pyrrole nitrogens is 1. The van der Waals surface area contributed by atoms with Gasteiger partial charge in [-0.25, -0.2) is 4.98 Å². The number of aromatic nitrogens is 2. The molecule has 1 aromatic heterocycles. The molecule has 0 spiro atoms. The maximum atomic E-state index is 11.4. The molecule has 0 atom stereocenters. The number of rotatable bonds is 5. The molecule has 0 fully saturated rings. The monoisotopic (exact) mass is 238 g/mol. The molecule has 0 bridgehead atoms. The Labute approximate surface area is 102 Å². The van der Waals surface area contributed by atoms with E-state index < -0.39 is 0 Å². The van der Waals surface area contributed by atoms with Gasteiger partial charge in [0, 0.05) is 19.2 Å². The lowest BCUT2D eigenvalue weighted by atomic mass is 9.93. The van der Waals surface area contributed by atoms with Crippen LogP contribution in [0.5, 0.6) is 0 Å². The van der Waals surface area contributed by atoms with E-state index in [1.54, 1.807) is 6.92 Å². The van der Waals surface area contributed by atoms with E-state index in [2.05, 4.69) is 28.7 Å². The van der Waals surface area contributed by atoms with Crippen molar-refractivity contribution in [2.24, 2.45) is 11.1 Å². The SMILES string of the molecule is CCN(CC(C)(C)CN)c1cc(=O)[nH]c(C)n1. The molecule has 0 aliphatic carbocycles. The number of nitrogens with one attached hydrogen (secondary N) is 1. The zero-order chi connectivity index (χ0) is 13.1. The van der Waals surface area contributed by atoms with Crippen LogP contribution in [0, 0.1) is 12.3 Å². The van der Waals surface area contributed by atoms with E-state index in [-0.39, 0.29) is 11.0 Å². The van der Waals surface area contributed by atoms with E-state index in [1.807, 2.05) is 6.92 Å². The number of hydrogen-bond acceptors (Lipinski definition) is 4. The molecule has 0 saturated carbocycles. The van der Waals surface area contributed by atoms with Crippen LogP contribution in [0.25, 0.3) is 0 Å². The maximum Gasteiger partial charge on any atom is 0.252 e. The van der Waals surface area contributed by atoms with Crippen molar-refractivity contribution in [2.45, 2.75) is 27.7 Å². The molecule has 1 heterocycles. The van der Waals surface area contributed by atoms with Crippen LogP contribution in [0.3, 0.4) is 0 Å². The number of nitrogens with zero attached hydrogens (tertiary/aromatic N) is 2. The summed E-state index contributed by atoms with van der Waals surface area (Å²) in [5.74, 6) is 1.35. The van der Waals surface area contributed by atoms with Gasteiger partial charge in [-0.2, -0.15) is 0 Å². The second kappa shape index (κ2) is 5.31. The van der Waals surface area contributed by atoms with E-state index in [0.717, 1.165) is 18.9 Å². The van der Waals surface area contributed by atoms with Crippen molar-refractivity contribution < 1.29 is 0 Å². The topological polar surface area (TPSA) is 75.0 Å². The van der Waals surface area contributed by atoms with Gasteiger partial charge >= 0.3 is 0 Å². The van der Waals surface area contributed by atoms with Crippen LogP contribution < -0.4 is 16.2 Å². The molecule has 3 N–H and O–H groups in total. The summed E-state index contributed by atoms with van der Waals surface area (Å²) < 4.78 is 0. The molecule has 1 rings (SSSR count). The number of aromatic amines is 1. The first-order valence-corrected chi connectivity index (χ1v) is 5.91. The zero-order valence-electron chi connectivity index (χ0n) is 11.1. The Hall–Kier alpha value is -1.36. The van der Waals surface area contributed by atoms with Crippen LogP contribution in [0.1, 0.15) is 26.6 Å². The summed E-state index contributed by atoms with van der Waals surface area (Å²) in [6.45, 7) is 10.2. The van der Waals surface area contributed by atoms with Gasteiger partial charge in [-0.05, 0) is 25.8 Å². The van der Waals surface area contributed by atoms with Gasteiger partial charge in [-0.1, -0.05) is 13.8 Å². The lowest BCUT2D eigenvalue weighted by molar-refractivity contribution is 0.378. The van der Waals surface area contributed by atoms with E-state index >= 15 is 0 Å². The number of aryl methyl sites for hydroxylation is 1. The molecule has 0 saturated heterocycles. The van der Waals surface area contributed by atoms with Gasteiger partial charge < -0.3 is 15.6 Å². The van der Waals surface area contributed by atoms with E-state index in [1.165, 1.54) is 6.07 Å². The van der Waals surface area contributed by atoms with Crippen LogP contribution in [0.2, 0.25) is 0 Å². The van der Waals surface area contributed by atoms with E-state index in [4.69, 9.17) is 5.73 Å². The van der Waals surface area contributed by atoms with Gasteiger partial charge in [0.25, 0.3) is 5.56 Å². The summed E-state index contributed by atoms with van der Waals surface area (Å²) in [5.41, 5.74) is 5.63. The predicted molar refractivity (Wildman–Crippen MR) is 70.3 cm³/mol. The van der Waals surface area contributed by atoms with Crippen molar-refractivity contribution in [3.05, 3.63) is 22.2 Å². The zero-order valence-corrected chi connectivity index (χ0v) is 11.1. The highest BCUT2D eigenvalue weighted by atomic mass is 16.1. The fourth-order valence-electron chi connectivity index (χ4n) is 1.66. The fraction of sp³-hybridized carbons (Fsp3) is 0.667. The molecular weight excluding hydrogens is 216 g/mol. The summed E-state index contributed by atoms with van der Waals surface area (Å²) in [4.78, 5) is 20.5. The molecule has 1 aromatic rings. The van der Waals surface area contributed by atoms with E-state index in [9.17, 15) is 4.79 Å². The average Bonchev–Trinajstić information content (AvgIpc) is 2.24. The minimum Gasteiger partial charge on any atom is -0.356 e. The second-order valence-corrected chi connectivity index (χ2v) is 5.07. The van der Waals surface area contributed by atoms with Crippen LogP contribution >= 0.6 is 0 Å². The van der Waals surface area contributed by atoms with Crippen molar-refractivity contribution in [1.82, 2.24) is 9.97 Å². The molecular formula is C12H22N4O. The summed E-state index contributed by atoms with van der Waals surface area (Å²) in [6.07, 6.45) is 0. The molecule has 0 aromatic carbocycles. The third-order valence-corrected chi connectivity index (χ3v) is 2.72. The first-order valence-electron chi connectivity index (χ1n) is 5.91. The minimum absolute atomic E-state index is 0.00813. The normalized spacial score (nSPS) is 11.6. The number of hydrogen-bond donors (Lipinski definition) is 2. The number of anilines is 1. The van der Waals surface area contributed by atoms with Gasteiger partial charge in [0.15, 0.2) is 0 Å². The predicted octanol–water partition coefficient (Wildman–Crippen LogP) is 0.890. The third-order valence-electron chi connectivity index (χ3n) is 2.72. The maximum absolute atomic E-state index is 11.4. The third kappa shape index (κ3) is 3.85. The van der Waals surface area contributed by atoms with Crippen molar-refractivity contribution in [3.63, 3.8) is 0 Å². The van der Waals surface area contributed by atoms with Crippen LogP contribution in [-0.2, 0) is 0 Å². The molecule has 0 aliphatic rings. The Morgan fingerprint density at radius 3 is 2.65 bits per heavy atom. The van der Waals surface area contributed by atoms with Crippen molar-refractivity contribution in [3.8, 4) is 0 Å². The largest absolute Gasteiger partial charge is 0.356 e. The summed E-state index contributed by atoms with van der Waals surface area (Å²) in [5, 5.41) is 0. The highest BCUT2D eigenvalue weighted by Crippen LogP contribution is 2.18. The minimum atomic E-state index is -0.114. The molecule has 5 nitrogen and oxygen atoms in total. The summed E-state index contributed by atoms with van der Waals surface area (Å²) in [6, 6.07) is 1.53. The molecule has 96 valence electrons. The molecule has 5 heteroatoms. The second-order valence-electron chi connectivity index (χ2n) is 5.07. The number of nitrogens with two attached hydrogens (primary N) is 1. The Kier molecular flexibility index (Phi) is 4.28. The van der Waals surface area contributed by atoms with E-state index in [0.29, 0.717) is 12.4 Å². The van der Waals surface area contributed by atoms with Gasteiger partial charge in [-0.15, -0.1) is 0 Å². The lowest BCUT2D eigenvalue weighted by Crippen LogP contribution is -2.39. The van der Waals surface area contributed by atoms with Crippen LogP contribution in [0.15, 0.2) is 10.9 Å². The Balaban J connectivity index is 2.97. The van der Waals surface area contributed by atoms with Crippen molar-refractivity contribution in [1.29, 1.82) is 0 Å². The van der Waals surface area contributed by atoms with Gasteiger partial charge in [0.05, 0.1) is 0 Å². The lowest BCUT2D eigenvalue weighted by Gasteiger charge is -2.31. The Morgan fingerprint density at radius 1 is 1.53 bits per heavy atom. The standard InChI is InChI=1S/C12H22N4O/c1-5-16(8-12(3,4)7-13)10-6-11(17)15-9(2)14-10/h6H,5,7-8,13H2,1-4H3,(H,14,15,17). The highest BCUT2D eigenvalue weighted by molar-refractivity contribution is 5.37. The van der Waals surface area contributed by atoms with Gasteiger partial charge in [0.2, 0.25) is 0 Å². The Morgan fingerprint density at radius 2 is 2.18 bits per heavy atom. The molecule has 0 unspecified atom stereocenters. The van der Waals surface area contributed by atoms with Crippen molar-refractivity contribution in [2.75, 3.05) is 24.5 Å². The van der Waals surface area contributed by atoms with Crippen LogP contribution in [-0.4, -0.2) is 29.6 Å². The molecule has 17 heavy (non-hydrogen) atoms. The quantitative estimate of drug-likeness (QED) is 0.799. The average molecular weight is 238 g/mol. The molecule has 0 radical (unpaired) electrons. The van der Waals surface area contributed by atoms with Gasteiger partial charge in [-0.3, -0.25) is 4.79 Å². The smallest absolute Gasteiger partial charge is 0.252 e. The molecule has 0 aliphatic heterocycles. The van der Waals surface area contributed by atoms with Crippen molar-refractivity contribution >= 4 is 5.82 Å². The first-order chi connectivity index (χ1) is 7.88.